The van der Waals surface area contributed by atoms with Gasteiger partial charge in [0.1, 0.15) is 0 Å². The summed E-state index contributed by atoms with van der Waals surface area (Å²) < 4.78 is 2.83. The van der Waals surface area contributed by atoms with Gasteiger partial charge >= 0.3 is 0 Å². The average molecular weight is 251 g/mol. The highest BCUT2D eigenvalue weighted by Gasteiger charge is 2.23. The van der Waals surface area contributed by atoms with Crippen molar-refractivity contribution >= 4 is 27.5 Å². The summed E-state index contributed by atoms with van der Waals surface area (Å²) in [5.74, 6) is 0. The zero-order valence-corrected chi connectivity index (χ0v) is 8.77. The molecule has 66 valence electrons. The predicted molar refractivity (Wildman–Crippen MR) is 51.1 cm³/mol. The summed E-state index contributed by atoms with van der Waals surface area (Å²) in [6.07, 6.45) is 2.09. The van der Waals surface area contributed by atoms with Crippen LogP contribution >= 0.6 is 27.5 Å². The number of aromatic nitrogens is 2. The third kappa shape index (κ3) is 1.18. The van der Waals surface area contributed by atoms with E-state index in [2.05, 4.69) is 20.9 Å². The molecule has 2 N–H and O–H groups in total. The van der Waals surface area contributed by atoms with E-state index in [4.69, 9.17) is 17.3 Å². The monoisotopic (exact) mass is 249 g/mol. The van der Waals surface area contributed by atoms with Crippen LogP contribution in [0.15, 0.2) is 4.73 Å². The van der Waals surface area contributed by atoms with Gasteiger partial charge in [-0.05, 0) is 28.8 Å². The molecule has 3 nitrogen and oxygen atoms in total. The maximum absolute atomic E-state index is 5.92. The number of rotatable bonds is 0. The lowest BCUT2D eigenvalue weighted by Gasteiger charge is -2.21. The Labute approximate surface area is 84.0 Å². The number of imidazole rings is 1. The van der Waals surface area contributed by atoms with Crippen LogP contribution in [0, 0.1) is 0 Å². The van der Waals surface area contributed by atoms with Gasteiger partial charge in [0.05, 0.1) is 5.69 Å². The van der Waals surface area contributed by atoms with E-state index in [1.807, 2.05) is 4.57 Å². The quantitative estimate of drug-likeness (QED) is 0.766. The maximum Gasteiger partial charge on any atom is 0.178 e. The summed E-state index contributed by atoms with van der Waals surface area (Å²) in [5.41, 5.74) is 6.86. The standard InChI is InChI=1S/C7H9BrClN3/c8-7-11-6(9)5-4(10)2-1-3-12(5)7/h4H,1-3,10H2. The van der Waals surface area contributed by atoms with Crippen LogP contribution in [0.4, 0.5) is 0 Å². The highest BCUT2D eigenvalue weighted by atomic mass is 79.9. The van der Waals surface area contributed by atoms with E-state index in [9.17, 15) is 0 Å². The molecule has 12 heavy (non-hydrogen) atoms. The molecular weight excluding hydrogens is 241 g/mol. The summed E-state index contributed by atoms with van der Waals surface area (Å²) >= 11 is 9.26. The summed E-state index contributed by atoms with van der Waals surface area (Å²) in [4.78, 5) is 4.11. The van der Waals surface area contributed by atoms with Crippen molar-refractivity contribution in [2.45, 2.75) is 25.4 Å². The number of hydrogen-bond acceptors (Lipinski definition) is 2. The molecule has 1 atom stereocenters. The van der Waals surface area contributed by atoms with E-state index in [0.717, 1.165) is 29.8 Å². The second-order valence-electron chi connectivity index (χ2n) is 2.96. The first-order chi connectivity index (χ1) is 5.70. The van der Waals surface area contributed by atoms with E-state index >= 15 is 0 Å². The van der Waals surface area contributed by atoms with Crippen molar-refractivity contribution in [2.75, 3.05) is 0 Å². The molecule has 0 spiro atoms. The summed E-state index contributed by atoms with van der Waals surface area (Å²) in [6.45, 7) is 0.962. The van der Waals surface area contributed by atoms with Gasteiger partial charge in [-0.1, -0.05) is 11.6 Å². The smallest absolute Gasteiger partial charge is 0.178 e. The number of fused-ring (bicyclic) bond motifs is 1. The molecule has 1 aromatic heterocycles. The Kier molecular flexibility index (Phi) is 2.14. The third-order valence-electron chi connectivity index (χ3n) is 2.16. The van der Waals surface area contributed by atoms with Crippen LogP contribution in [-0.2, 0) is 6.54 Å². The number of nitrogens with two attached hydrogens (primary N) is 1. The molecule has 0 bridgehead atoms. The number of nitrogens with zero attached hydrogens (tertiary/aromatic N) is 2. The average Bonchev–Trinajstić information content (AvgIpc) is 2.29. The normalized spacial score (nSPS) is 22.4. The Balaban J connectivity index is 2.55. The Morgan fingerprint density at radius 1 is 1.67 bits per heavy atom. The van der Waals surface area contributed by atoms with E-state index in [1.54, 1.807) is 0 Å². The van der Waals surface area contributed by atoms with Crippen molar-refractivity contribution in [2.24, 2.45) is 5.73 Å². The predicted octanol–water partition coefficient (Wildman–Crippen LogP) is 2.09. The van der Waals surface area contributed by atoms with Crippen LogP contribution in [0.1, 0.15) is 24.6 Å². The lowest BCUT2D eigenvalue weighted by atomic mass is 10.1. The zero-order valence-electron chi connectivity index (χ0n) is 6.43. The molecular formula is C7H9BrClN3. The van der Waals surface area contributed by atoms with Crippen LogP contribution in [0.2, 0.25) is 5.15 Å². The molecule has 1 aliphatic heterocycles. The van der Waals surface area contributed by atoms with E-state index in [1.165, 1.54) is 0 Å². The first-order valence-corrected chi connectivity index (χ1v) is 5.04. The fraction of sp³-hybridized carbons (Fsp3) is 0.571. The highest BCUT2D eigenvalue weighted by molar-refractivity contribution is 9.10. The van der Waals surface area contributed by atoms with Crippen molar-refractivity contribution in [1.29, 1.82) is 0 Å². The molecule has 0 amide bonds. The van der Waals surface area contributed by atoms with E-state index in [0.29, 0.717) is 5.15 Å². The molecule has 5 heteroatoms. The van der Waals surface area contributed by atoms with Crippen molar-refractivity contribution in [3.05, 3.63) is 15.6 Å². The van der Waals surface area contributed by atoms with Gasteiger partial charge in [-0.2, -0.15) is 0 Å². The van der Waals surface area contributed by atoms with Gasteiger partial charge in [-0.25, -0.2) is 4.98 Å². The fourth-order valence-corrected chi connectivity index (χ4v) is 2.55. The topological polar surface area (TPSA) is 43.8 Å². The molecule has 1 aromatic rings. The third-order valence-corrected chi connectivity index (χ3v) is 3.05. The van der Waals surface area contributed by atoms with Gasteiger partial charge < -0.3 is 10.3 Å². The van der Waals surface area contributed by atoms with Crippen molar-refractivity contribution in [3.63, 3.8) is 0 Å². The van der Waals surface area contributed by atoms with Crippen LogP contribution in [0.3, 0.4) is 0 Å². The lowest BCUT2D eigenvalue weighted by molar-refractivity contribution is 0.458. The first kappa shape index (κ1) is 8.53. The van der Waals surface area contributed by atoms with Crippen molar-refractivity contribution < 1.29 is 0 Å². The number of hydrogen-bond donors (Lipinski definition) is 1. The van der Waals surface area contributed by atoms with Crippen molar-refractivity contribution in [1.82, 2.24) is 9.55 Å². The molecule has 0 aliphatic carbocycles. The first-order valence-electron chi connectivity index (χ1n) is 3.87. The minimum Gasteiger partial charge on any atom is -0.323 e. The molecule has 1 aliphatic rings. The Morgan fingerprint density at radius 3 is 3.08 bits per heavy atom. The largest absolute Gasteiger partial charge is 0.323 e. The second kappa shape index (κ2) is 3.01. The molecule has 0 radical (unpaired) electrons. The van der Waals surface area contributed by atoms with Gasteiger partial charge in [0.25, 0.3) is 0 Å². The summed E-state index contributed by atoms with van der Waals surface area (Å²) in [6, 6.07) is 0.0463. The van der Waals surface area contributed by atoms with Gasteiger partial charge in [-0.15, -0.1) is 0 Å². The summed E-state index contributed by atoms with van der Waals surface area (Å²) in [7, 11) is 0. The summed E-state index contributed by atoms with van der Waals surface area (Å²) in [5, 5.41) is 0.536. The van der Waals surface area contributed by atoms with E-state index < -0.39 is 0 Å². The molecule has 2 heterocycles. The minimum absolute atomic E-state index is 0.0463. The molecule has 0 fully saturated rings. The zero-order chi connectivity index (χ0) is 8.72. The minimum atomic E-state index is 0.0463. The number of halogens is 2. The lowest BCUT2D eigenvalue weighted by Crippen LogP contribution is -2.21. The highest BCUT2D eigenvalue weighted by Crippen LogP contribution is 2.31. The van der Waals surface area contributed by atoms with Crippen LogP contribution < -0.4 is 5.73 Å². The van der Waals surface area contributed by atoms with Crippen molar-refractivity contribution in [3.8, 4) is 0 Å². The molecule has 1 unspecified atom stereocenters. The van der Waals surface area contributed by atoms with Gasteiger partial charge in [0.2, 0.25) is 0 Å². The fourth-order valence-electron chi connectivity index (χ4n) is 1.58. The Morgan fingerprint density at radius 2 is 2.42 bits per heavy atom. The van der Waals surface area contributed by atoms with Crippen LogP contribution in [0.5, 0.6) is 0 Å². The molecule has 2 rings (SSSR count). The van der Waals surface area contributed by atoms with Gasteiger partial charge in [0, 0.05) is 12.6 Å². The van der Waals surface area contributed by atoms with Gasteiger partial charge in [-0.3, -0.25) is 0 Å². The SMILES string of the molecule is NC1CCCn2c(Br)nc(Cl)c21. The van der Waals surface area contributed by atoms with Crippen LogP contribution in [0.25, 0.3) is 0 Å². The Hall–Kier alpha value is -0.0600. The van der Waals surface area contributed by atoms with E-state index in [-0.39, 0.29) is 6.04 Å². The maximum atomic E-state index is 5.92. The Bertz CT molecular complexity index is 310. The molecule has 0 aromatic carbocycles. The second-order valence-corrected chi connectivity index (χ2v) is 4.02. The molecule has 0 saturated carbocycles. The molecule has 0 saturated heterocycles. The van der Waals surface area contributed by atoms with Crippen LogP contribution in [-0.4, -0.2) is 9.55 Å². The van der Waals surface area contributed by atoms with Gasteiger partial charge in [0.15, 0.2) is 9.89 Å².